The molecule has 5 aromatic rings. The minimum absolute atomic E-state index is 0.0636. The Balaban J connectivity index is 1.16. The highest BCUT2D eigenvalue weighted by Gasteiger charge is 2.31. The number of hydrogen-bond donors (Lipinski definition) is 1. The number of H-pyrrole nitrogens is 1. The molecule has 218 valence electrons. The summed E-state index contributed by atoms with van der Waals surface area (Å²) in [4.78, 5) is 36.7. The molecule has 0 unspecified atom stereocenters. The Bertz CT molecular complexity index is 1780. The standard InChI is InChI=1S/C32H32FN9O/c1-21-5-3-8-26(35-21)30-25(18-42(38-30)17-22-6-4-7-24(33)15-22)23-9-10-34-27(16-23)31-36-28-19-41(20-29(28)37-31)32(43)40-13-11-39(2)12-14-40/h3-10,15-16,18H,11-14,17,19-20H2,1-2H3,(H,36,37). The van der Waals surface area contributed by atoms with Gasteiger partial charge < -0.3 is 19.7 Å². The minimum atomic E-state index is -0.276. The maximum Gasteiger partial charge on any atom is 0.320 e. The highest BCUT2D eigenvalue weighted by molar-refractivity contribution is 5.80. The van der Waals surface area contributed by atoms with Crippen LogP contribution in [0.25, 0.3) is 34.0 Å². The number of piperazine rings is 1. The molecule has 0 saturated carbocycles. The first-order chi connectivity index (χ1) is 20.9. The van der Waals surface area contributed by atoms with Gasteiger partial charge in [0.1, 0.15) is 17.2 Å². The number of halogens is 1. The fourth-order valence-electron chi connectivity index (χ4n) is 5.72. The van der Waals surface area contributed by atoms with E-state index in [1.807, 2.05) is 64.0 Å². The van der Waals surface area contributed by atoms with Gasteiger partial charge in [0.25, 0.3) is 0 Å². The third kappa shape index (κ3) is 5.51. The molecule has 0 spiro atoms. The van der Waals surface area contributed by atoms with Crippen LogP contribution < -0.4 is 0 Å². The Kier molecular flexibility index (Phi) is 6.94. The molecule has 0 atom stereocenters. The van der Waals surface area contributed by atoms with E-state index in [1.54, 1.807) is 12.3 Å². The van der Waals surface area contributed by atoms with E-state index in [0.717, 1.165) is 71.3 Å². The summed E-state index contributed by atoms with van der Waals surface area (Å²) in [5.74, 6) is 0.391. The van der Waals surface area contributed by atoms with Crippen LogP contribution in [-0.4, -0.2) is 83.7 Å². The first kappa shape index (κ1) is 27.0. The van der Waals surface area contributed by atoms with Crippen molar-refractivity contribution in [2.45, 2.75) is 26.6 Å². The summed E-state index contributed by atoms with van der Waals surface area (Å²) < 4.78 is 15.7. The normalized spacial score (nSPS) is 15.2. The molecular weight excluding hydrogens is 545 g/mol. The van der Waals surface area contributed by atoms with Crippen molar-refractivity contribution in [2.24, 2.45) is 0 Å². The van der Waals surface area contributed by atoms with Crippen molar-refractivity contribution in [3.8, 4) is 34.0 Å². The van der Waals surface area contributed by atoms with Gasteiger partial charge in [0.15, 0.2) is 5.82 Å². The van der Waals surface area contributed by atoms with E-state index in [0.29, 0.717) is 31.2 Å². The molecule has 0 aliphatic carbocycles. The Morgan fingerprint density at radius 1 is 0.953 bits per heavy atom. The van der Waals surface area contributed by atoms with Crippen LogP contribution >= 0.6 is 0 Å². The smallest absolute Gasteiger partial charge is 0.320 e. The third-order valence-corrected chi connectivity index (χ3v) is 8.04. The van der Waals surface area contributed by atoms with Crippen molar-refractivity contribution in [3.05, 3.63) is 95.5 Å². The zero-order valence-corrected chi connectivity index (χ0v) is 24.2. The molecular formula is C32H32FN9O. The lowest BCUT2D eigenvalue weighted by Gasteiger charge is -2.34. The summed E-state index contributed by atoms with van der Waals surface area (Å²) in [5.41, 5.74) is 7.52. The van der Waals surface area contributed by atoms with Crippen LogP contribution in [0.3, 0.4) is 0 Å². The number of aryl methyl sites for hydroxylation is 1. The predicted molar refractivity (Wildman–Crippen MR) is 160 cm³/mol. The van der Waals surface area contributed by atoms with Crippen LogP contribution in [0.4, 0.5) is 9.18 Å². The number of aromatic nitrogens is 6. The Labute approximate surface area is 248 Å². The van der Waals surface area contributed by atoms with E-state index in [9.17, 15) is 9.18 Å². The first-order valence-electron chi connectivity index (χ1n) is 14.4. The summed E-state index contributed by atoms with van der Waals surface area (Å²) in [5, 5.41) is 4.88. The number of nitrogens with zero attached hydrogens (tertiary/aromatic N) is 8. The number of urea groups is 1. The van der Waals surface area contributed by atoms with E-state index in [4.69, 9.17) is 15.1 Å². The quantitative estimate of drug-likeness (QED) is 0.329. The van der Waals surface area contributed by atoms with E-state index < -0.39 is 0 Å². The second-order valence-electron chi connectivity index (χ2n) is 11.3. The Morgan fingerprint density at radius 3 is 2.58 bits per heavy atom. The number of imidazole rings is 1. The van der Waals surface area contributed by atoms with Crippen molar-refractivity contribution in [1.29, 1.82) is 0 Å². The van der Waals surface area contributed by atoms with Crippen LogP contribution in [0.5, 0.6) is 0 Å². The van der Waals surface area contributed by atoms with Crippen LogP contribution in [0.15, 0.2) is 67.0 Å². The number of carbonyl (C=O) groups excluding carboxylic acids is 1. The summed E-state index contributed by atoms with van der Waals surface area (Å²) in [7, 11) is 2.08. The SMILES string of the molecule is Cc1cccc(-c2nn(Cc3cccc(F)c3)cc2-c2ccnc(-c3nc4c([nH]3)CN(C(=O)N3CCN(C)CC3)C4)c2)n1. The van der Waals surface area contributed by atoms with Gasteiger partial charge in [-0.2, -0.15) is 5.10 Å². The number of amides is 2. The molecule has 2 amide bonds. The van der Waals surface area contributed by atoms with Crippen LogP contribution in [0.2, 0.25) is 0 Å². The van der Waals surface area contributed by atoms with Gasteiger partial charge in [-0.1, -0.05) is 18.2 Å². The number of pyridine rings is 2. The maximum atomic E-state index is 13.9. The topological polar surface area (TPSA) is 99.1 Å². The van der Waals surface area contributed by atoms with Crippen molar-refractivity contribution in [1.82, 2.24) is 44.4 Å². The van der Waals surface area contributed by atoms with Gasteiger partial charge in [0.05, 0.1) is 36.7 Å². The van der Waals surface area contributed by atoms with Gasteiger partial charge in [0.2, 0.25) is 0 Å². The maximum absolute atomic E-state index is 13.9. The lowest BCUT2D eigenvalue weighted by Crippen LogP contribution is -2.50. The third-order valence-electron chi connectivity index (χ3n) is 8.04. The molecule has 1 N–H and O–H groups in total. The molecule has 0 radical (unpaired) electrons. The molecule has 43 heavy (non-hydrogen) atoms. The van der Waals surface area contributed by atoms with Crippen LogP contribution in [0.1, 0.15) is 22.6 Å². The molecule has 10 nitrogen and oxygen atoms in total. The summed E-state index contributed by atoms with van der Waals surface area (Å²) in [6.07, 6.45) is 3.73. The molecule has 1 saturated heterocycles. The van der Waals surface area contributed by atoms with Gasteiger partial charge in [-0.25, -0.2) is 14.2 Å². The lowest BCUT2D eigenvalue weighted by molar-refractivity contribution is 0.121. The first-order valence-corrected chi connectivity index (χ1v) is 14.4. The minimum Gasteiger partial charge on any atom is -0.339 e. The predicted octanol–water partition coefficient (Wildman–Crippen LogP) is 4.58. The fourth-order valence-corrected chi connectivity index (χ4v) is 5.72. The molecule has 6 heterocycles. The number of benzene rings is 1. The monoisotopic (exact) mass is 577 g/mol. The number of hydrogen-bond acceptors (Lipinski definition) is 6. The van der Waals surface area contributed by atoms with Gasteiger partial charge >= 0.3 is 6.03 Å². The number of likely N-dealkylation sites (N-methyl/N-ethyl adjacent to an activating group) is 1. The molecule has 1 aromatic carbocycles. The van der Waals surface area contributed by atoms with E-state index in [-0.39, 0.29) is 11.8 Å². The van der Waals surface area contributed by atoms with Crippen LogP contribution in [0, 0.1) is 12.7 Å². The molecule has 2 aliphatic heterocycles. The van der Waals surface area contributed by atoms with Crippen molar-refractivity contribution in [3.63, 3.8) is 0 Å². The second kappa shape index (κ2) is 11.1. The lowest BCUT2D eigenvalue weighted by atomic mass is 10.0. The van der Waals surface area contributed by atoms with Crippen LogP contribution in [-0.2, 0) is 19.6 Å². The van der Waals surface area contributed by atoms with Gasteiger partial charge in [-0.05, 0) is 61.5 Å². The van der Waals surface area contributed by atoms with Gasteiger partial charge in [-0.15, -0.1) is 0 Å². The zero-order chi connectivity index (χ0) is 29.5. The number of aromatic amines is 1. The summed E-state index contributed by atoms with van der Waals surface area (Å²) in [6.45, 7) is 6.62. The van der Waals surface area contributed by atoms with E-state index in [1.165, 1.54) is 12.1 Å². The molecule has 4 aromatic heterocycles. The Hall–Kier alpha value is -4.90. The van der Waals surface area contributed by atoms with E-state index >= 15 is 0 Å². The number of rotatable bonds is 5. The number of carbonyl (C=O) groups is 1. The molecule has 11 heteroatoms. The highest BCUT2D eigenvalue weighted by atomic mass is 19.1. The van der Waals surface area contributed by atoms with E-state index in [2.05, 4.69) is 21.9 Å². The van der Waals surface area contributed by atoms with Gasteiger partial charge in [-0.3, -0.25) is 14.6 Å². The van der Waals surface area contributed by atoms with Crippen molar-refractivity contribution < 1.29 is 9.18 Å². The van der Waals surface area contributed by atoms with Crippen molar-refractivity contribution in [2.75, 3.05) is 33.2 Å². The van der Waals surface area contributed by atoms with Crippen molar-refractivity contribution >= 4 is 6.03 Å². The van der Waals surface area contributed by atoms with Gasteiger partial charge in [0, 0.05) is 49.8 Å². The second-order valence-corrected chi connectivity index (χ2v) is 11.3. The largest absolute Gasteiger partial charge is 0.339 e. The fraction of sp³-hybridized carbons (Fsp3) is 0.281. The summed E-state index contributed by atoms with van der Waals surface area (Å²) in [6, 6.07) is 16.4. The molecule has 1 fully saturated rings. The average Bonchev–Trinajstić information content (AvgIpc) is 3.71. The molecule has 7 rings (SSSR count). The molecule has 2 aliphatic rings. The Morgan fingerprint density at radius 2 is 1.79 bits per heavy atom. The highest BCUT2D eigenvalue weighted by Crippen LogP contribution is 2.33. The number of nitrogens with one attached hydrogen (secondary N) is 1. The average molecular weight is 578 g/mol. The zero-order valence-electron chi connectivity index (χ0n) is 24.2. The summed E-state index contributed by atoms with van der Waals surface area (Å²) >= 11 is 0. The number of fused-ring (bicyclic) bond motifs is 1. The molecule has 0 bridgehead atoms.